The quantitative estimate of drug-likeness (QED) is 0.335. The maximum Gasteiger partial charge on any atom is 0.256 e. The van der Waals surface area contributed by atoms with Gasteiger partial charge in [-0.15, -0.1) is 0 Å². The second kappa shape index (κ2) is 10.9. The number of carbonyl (C=O) groups excluding carboxylic acids is 2. The third-order valence-electron chi connectivity index (χ3n) is 8.13. The summed E-state index contributed by atoms with van der Waals surface area (Å²) in [5.74, 6) is -0.716. The standard InChI is InChI=1S/C34H34FN3O5/c1-19-30(36-20(2)43-19)33(41)38-26-11-8-12-27(39)31(26)37-25-16-34(3,4)17-28(40)29(25)32(38)23-14-13-22(15-24(23)35)42-18-21-9-6-5-7-10-21/h5-15,19,30,32,37,39H,16-18H2,1-4H3. The molecule has 8 nitrogen and oxygen atoms in total. The van der Waals surface area contributed by atoms with Crippen LogP contribution in [-0.2, 0) is 20.9 Å². The van der Waals surface area contributed by atoms with Gasteiger partial charge in [0.05, 0.1) is 11.7 Å². The number of carbonyl (C=O) groups is 2. The molecule has 0 saturated heterocycles. The Hall–Kier alpha value is -4.66. The van der Waals surface area contributed by atoms with Crippen molar-refractivity contribution in [1.82, 2.24) is 0 Å². The van der Waals surface area contributed by atoms with Crippen molar-refractivity contribution in [3.8, 4) is 11.5 Å². The Labute approximate surface area is 249 Å². The number of nitrogens with zero attached hydrogens (tertiary/aromatic N) is 2. The first-order valence-corrected chi connectivity index (χ1v) is 14.4. The van der Waals surface area contributed by atoms with Crippen LogP contribution in [0.2, 0.25) is 0 Å². The first kappa shape index (κ1) is 28.5. The van der Waals surface area contributed by atoms with Gasteiger partial charge in [-0.3, -0.25) is 14.5 Å². The van der Waals surface area contributed by atoms with Crippen LogP contribution in [0.3, 0.4) is 0 Å². The maximum absolute atomic E-state index is 16.3. The van der Waals surface area contributed by atoms with E-state index in [1.54, 1.807) is 38.1 Å². The first-order chi connectivity index (χ1) is 20.5. The van der Waals surface area contributed by atoms with E-state index in [1.807, 2.05) is 44.2 Å². The number of fused-ring (bicyclic) bond motifs is 1. The molecule has 6 rings (SSSR count). The van der Waals surface area contributed by atoms with Crippen LogP contribution in [0.25, 0.3) is 0 Å². The van der Waals surface area contributed by atoms with E-state index in [0.717, 1.165) is 5.56 Å². The van der Waals surface area contributed by atoms with Crippen molar-refractivity contribution in [2.45, 2.75) is 65.3 Å². The van der Waals surface area contributed by atoms with Gasteiger partial charge in [0.1, 0.15) is 35.7 Å². The average molecular weight is 584 g/mol. The van der Waals surface area contributed by atoms with Crippen molar-refractivity contribution in [2.75, 3.05) is 10.2 Å². The largest absolute Gasteiger partial charge is 0.506 e. The van der Waals surface area contributed by atoms with E-state index in [9.17, 15) is 14.7 Å². The van der Waals surface area contributed by atoms with Crippen LogP contribution in [0.1, 0.15) is 57.7 Å². The normalized spacial score (nSPS) is 22.5. The summed E-state index contributed by atoms with van der Waals surface area (Å²) in [4.78, 5) is 34.3. The molecule has 0 bridgehead atoms. The van der Waals surface area contributed by atoms with Gasteiger partial charge in [-0.25, -0.2) is 9.38 Å². The van der Waals surface area contributed by atoms with Crippen molar-refractivity contribution < 1.29 is 28.6 Å². The number of hydrogen-bond donors (Lipinski definition) is 2. The fourth-order valence-electron chi connectivity index (χ4n) is 6.20. The van der Waals surface area contributed by atoms with Gasteiger partial charge in [-0.05, 0) is 48.6 Å². The number of rotatable bonds is 5. The molecule has 2 aliphatic heterocycles. The molecule has 9 heteroatoms. The number of amides is 1. The van der Waals surface area contributed by atoms with Crippen LogP contribution in [0, 0.1) is 11.2 Å². The summed E-state index contributed by atoms with van der Waals surface area (Å²) in [6.07, 6.45) is 0.104. The number of phenols is 1. The Bertz CT molecular complexity index is 1670. The number of hydrogen-bond acceptors (Lipinski definition) is 7. The zero-order valence-electron chi connectivity index (χ0n) is 24.6. The number of nitrogens with one attached hydrogen (secondary N) is 1. The van der Waals surface area contributed by atoms with E-state index in [0.29, 0.717) is 29.5 Å². The molecular formula is C34H34FN3O5. The summed E-state index contributed by atoms with van der Waals surface area (Å²) in [5.41, 5.74) is 2.09. The number of anilines is 2. The smallest absolute Gasteiger partial charge is 0.256 e. The van der Waals surface area contributed by atoms with E-state index in [2.05, 4.69) is 10.3 Å². The average Bonchev–Trinajstić information content (AvgIpc) is 3.22. The van der Waals surface area contributed by atoms with Crippen LogP contribution in [0.4, 0.5) is 15.8 Å². The third-order valence-corrected chi connectivity index (χ3v) is 8.13. The highest BCUT2D eigenvalue weighted by molar-refractivity contribution is 6.09. The number of para-hydroxylation sites is 1. The molecule has 0 spiro atoms. The van der Waals surface area contributed by atoms with Gasteiger partial charge < -0.3 is 19.9 Å². The van der Waals surface area contributed by atoms with Crippen molar-refractivity contribution in [3.63, 3.8) is 0 Å². The number of aliphatic imine (C=N–C) groups is 1. The summed E-state index contributed by atoms with van der Waals surface area (Å²) in [7, 11) is 0. The second-order valence-corrected chi connectivity index (χ2v) is 12.1. The monoisotopic (exact) mass is 583 g/mol. The molecule has 0 fully saturated rings. The number of phenolic OH excluding ortho intramolecular Hbond substituents is 1. The van der Waals surface area contributed by atoms with Gasteiger partial charge in [0, 0.05) is 36.2 Å². The second-order valence-electron chi connectivity index (χ2n) is 12.1. The van der Waals surface area contributed by atoms with Gasteiger partial charge in [-0.1, -0.05) is 50.2 Å². The Morgan fingerprint density at radius 3 is 2.60 bits per heavy atom. The molecule has 1 aliphatic carbocycles. The molecule has 2 N–H and O–H groups in total. The zero-order valence-corrected chi connectivity index (χ0v) is 24.6. The van der Waals surface area contributed by atoms with Crippen molar-refractivity contribution in [3.05, 3.63) is 94.9 Å². The topological polar surface area (TPSA) is 100 Å². The molecule has 43 heavy (non-hydrogen) atoms. The Kier molecular flexibility index (Phi) is 7.20. The lowest BCUT2D eigenvalue weighted by atomic mass is 9.73. The van der Waals surface area contributed by atoms with Crippen LogP contribution >= 0.6 is 0 Å². The number of allylic oxidation sites excluding steroid dienone is 1. The maximum atomic E-state index is 16.3. The highest BCUT2D eigenvalue weighted by atomic mass is 19.1. The van der Waals surface area contributed by atoms with E-state index < -0.39 is 29.9 Å². The van der Waals surface area contributed by atoms with E-state index in [1.165, 1.54) is 17.0 Å². The van der Waals surface area contributed by atoms with Crippen LogP contribution in [0.15, 0.2) is 83.0 Å². The SMILES string of the molecule is CC1=NC(C(=O)N2c3cccc(O)c3NC3=C(C(=O)CC(C)(C)C3)C2c2ccc(OCc3ccccc3)cc2F)C(C)O1. The predicted molar refractivity (Wildman–Crippen MR) is 162 cm³/mol. The van der Waals surface area contributed by atoms with Crippen LogP contribution in [-0.4, -0.2) is 34.8 Å². The van der Waals surface area contributed by atoms with Crippen molar-refractivity contribution in [2.24, 2.45) is 10.4 Å². The molecule has 1 amide bonds. The minimum atomic E-state index is -1.13. The minimum Gasteiger partial charge on any atom is -0.506 e. The predicted octanol–water partition coefficient (Wildman–Crippen LogP) is 6.46. The number of aromatic hydroxyl groups is 1. The lowest BCUT2D eigenvalue weighted by molar-refractivity contribution is -0.121. The lowest BCUT2D eigenvalue weighted by Crippen LogP contribution is -2.46. The summed E-state index contributed by atoms with van der Waals surface area (Å²) in [6.45, 7) is 7.64. The molecule has 2 heterocycles. The van der Waals surface area contributed by atoms with Gasteiger partial charge in [0.25, 0.3) is 5.91 Å². The molecule has 222 valence electrons. The van der Waals surface area contributed by atoms with E-state index in [-0.39, 0.29) is 46.8 Å². The number of halogens is 1. The highest BCUT2D eigenvalue weighted by Gasteiger charge is 2.47. The number of ether oxygens (including phenoxy) is 2. The molecule has 3 atom stereocenters. The third kappa shape index (κ3) is 5.35. The minimum absolute atomic E-state index is 0.0980. The molecule has 0 aromatic heterocycles. The molecule has 3 aromatic carbocycles. The van der Waals surface area contributed by atoms with Crippen molar-refractivity contribution >= 4 is 29.0 Å². The number of ketones is 1. The fraction of sp³-hybridized carbons (Fsp3) is 0.324. The van der Waals surface area contributed by atoms with Gasteiger partial charge in [0.2, 0.25) is 0 Å². The Morgan fingerprint density at radius 1 is 1.14 bits per heavy atom. The Morgan fingerprint density at radius 2 is 1.91 bits per heavy atom. The van der Waals surface area contributed by atoms with Gasteiger partial charge in [0.15, 0.2) is 17.7 Å². The number of Topliss-reactive ketones (excluding diaryl/α,β-unsaturated/α-hetero) is 1. The molecule has 3 unspecified atom stereocenters. The first-order valence-electron chi connectivity index (χ1n) is 14.4. The summed E-state index contributed by atoms with van der Waals surface area (Å²) in [5, 5.41) is 14.3. The fourth-order valence-corrected chi connectivity index (χ4v) is 6.20. The number of benzene rings is 3. The van der Waals surface area contributed by atoms with Crippen molar-refractivity contribution in [1.29, 1.82) is 0 Å². The molecular weight excluding hydrogens is 549 g/mol. The molecule has 0 radical (unpaired) electrons. The summed E-state index contributed by atoms with van der Waals surface area (Å²) >= 11 is 0. The molecule has 3 aromatic rings. The van der Waals surface area contributed by atoms with E-state index in [4.69, 9.17) is 9.47 Å². The summed E-state index contributed by atoms with van der Waals surface area (Å²) in [6, 6.07) is 16.8. The van der Waals surface area contributed by atoms with Crippen LogP contribution in [0.5, 0.6) is 11.5 Å². The van der Waals surface area contributed by atoms with E-state index >= 15 is 4.39 Å². The molecule has 3 aliphatic rings. The highest BCUT2D eigenvalue weighted by Crippen LogP contribution is 2.51. The summed E-state index contributed by atoms with van der Waals surface area (Å²) < 4.78 is 27.8. The Balaban J connectivity index is 1.51. The van der Waals surface area contributed by atoms with Gasteiger partial charge >= 0.3 is 0 Å². The van der Waals surface area contributed by atoms with Gasteiger partial charge in [-0.2, -0.15) is 0 Å². The lowest BCUT2D eigenvalue weighted by Gasteiger charge is -2.38. The molecule has 0 saturated carbocycles. The zero-order chi connectivity index (χ0) is 30.5. The van der Waals surface area contributed by atoms with Crippen LogP contribution < -0.4 is 15.0 Å².